The van der Waals surface area contributed by atoms with Crippen molar-refractivity contribution in [2.45, 2.75) is 13.3 Å². The first-order valence-electron chi connectivity index (χ1n) is 7.23. The zero-order valence-electron chi connectivity index (χ0n) is 13.6. The van der Waals surface area contributed by atoms with Gasteiger partial charge < -0.3 is 10.5 Å². The summed E-state index contributed by atoms with van der Waals surface area (Å²) in [7, 11) is 3.36. The lowest BCUT2D eigenvalue weighted by Gasteiger charge is -2.10. The van der Waals surface area contributed by atoms with Crippen LogP contribution in [0.5, 0.6) is 5.75 Å². The number of primary amides is 1. The van der Waals surface area contributed by atoms with Gasteiger partial charge in [-0.05, 0) is 13.0 Å². The van der Waals surface area contributed by atoms with Crippen molar-refractivity contribution >= 4 is 5.91 Å². The van der Waals surface area contributed by atoms with E-state index in [1.54, 1.807) is 42.0 Å². The zero-order chi connectivity index (χ0) is 17.3. The molecule has 2 N–H and O–H groups in total. The average Bonchev–Trinajstić information content (AvgIpc) is 3.12. The Hall–Kier alpha value is -3.23. The Morgan fingerprint density at radius 2 is 2.21 bits per heavy atom. The number of hydrogen-bond acceptors (Lipinski definition) is 6. The first-order valence-corrected chi connectivity index (χ1v) is 7.23. The fraction of sp³-hybridized carbons (Fsp3) is 0.267. The normalized spacial score (nSPS) is 10.8. The number of hydrogen-bond donors (Lipinski definition) is 1. The number of rotatable bonds is 5. The fourth-order valence-corrected chi connectivity index (χ4v) is 2.38. The van der Waals surface area contributed by atoms with Gasteiger partial charge in [0.1, 0.15) is 5.75 Å². The number of aryl methyl sites for hydroxylation is 2. The van der Waals surface area contributed by atoms with E-state index >= 15 is 0 Å². The van der Waals surface area contributed by atoms with Gasteiger partial charge in [0.15, 0.2) is 17.5 Å². The van der Waals surface area contributed by atoms with E-state index < -0.39 is 5.91 Å². The van der Waals surface area contributed by atoms with E-state index in [4.69, 9.17) is 10.5 Å². The lowest BCUT2D eigenvalue weighted by Crippen LogP contribution is -2.15. The standard InChI is InChI=1S/C15H17N7O2/c1-9-6-10(11(24-3)8-17-9)15-19-13(7-12(16)23)20-22(15)14-4-5-18-21(14)2/h4-6,8H,7H2,1-3H3,(H2,16,23). The summed E-state index contributed by atoms with van der Waals surface area (Å²) in [5.41, 5.74) is 6.80. The first kappa shape index (κ1) is 15.7. The van der Waals surface area contributed by atoms with Crippen molar-refractivity contribution in [3.05, 3.63) is 36.0 Å². The van der Waals surface area contributed by atoms with Gasteiger partial charge >= 0.3 is 0 Å². The van der Waals surface area contributed by atoms with Gasteiger partial charge in [-0.15, -0.1) is 5.10 Å². The Kier molecular flexibility index (Phi) is 3.98. The molecule has 9 heteroatoms. The second-order valence-electron chi connectivity index (χ2n) is 5.25. The number of methoxy groups -OCH3 is 1. The Balaban J connectivity index is 2.23. The molecule has 0 aliphatic carbocycles. The maximum Gasteiger partial charge on any atom is 0.225 e. The highest BCUT2D eigenvalue weighted by atomic mass is 16.5. The molecule has 3 aromatic heterocycles. The van der Waals surface area contributed by atoms with Crippen LogP contribution < -0.4 is 10.5 Å². The molecule has 1 amide bonds. The van der Waals surface area contributed by atoms with Crippen LogP contribution in [0, 0.1) is 6.92 Å². The van der Waals surface area contributed by atoms with E-state index in [-0.39, 0.29) is 6.42 Å². The van der Waals surface area contributed by atoms with Crippen molar-refractivity contribution in [2.75, 3.05) is 7.11 Å². The van der Waals surface area contributed by atoms with Gasteiger partial charge in [-0.3, -0.25) is 14.5 Å². The summed E-state index contributed by atoms with van der Waals surface area (Å²) in [6.45, 7) is 1.87. The SMILES string of the molecule is COc1cnc(C)cc1-c1nc(CC(N)=O)nn1-c1ccnn1C. The van der Waals surface area contributed by atoms with Gasteiger partial charge in [0.05, 0.1) is 31.5 Å². The minimum absolute atomic E-state index is 0.0514. The number of ether oxygens (including phenoxy) is 1. The highest BCUT2D eigenvalue weighted by Gasteiger charge is 2.20. The molecule has 3 heterocycles. The average molecular weight is 327 g/mol. The maximum atomic E-state index is 11.2. The molecular formula is C15H17N7O2. The zero-order valence-corrected chi connectivity index (χ0v) is 13.6. The molecule has 0 saturated heterocycles. The number of nitrogens with zero attached hydrogens (tertiary/aromatic N) is 6. The van der Waals surface area contributed by atoms with Crippen LogP contribution in [0.1, 0.15) is 11.5 Å². The third kappa shape index (κ3) is 2.83. The van der Waals surface area contributed by atoms with Crippen molar-refractivity contribution in [2.24, 2.45) is 12.8 Å². The third-order valence-corrected chi connectivity index (χ3v) is 3.46. The topological polar surface area (TPSA) is 114 Å². The quantitative estimate of drug-likeness (QED) is 0.726. The molecule has 0 aliphatic rings. The second-order valence-corrected chi connectivity index (χ2v) is 5.25. The maximum absolute atomic E-state index is 11.2. The van der Waals surface area contributed by atoms with Gasteiger partial charge in [0.2, 0.25) is 5.91 Å². The summed E-state index contributed by atoms with van der Waals surface area (Å²) >= 11 is 0. The van der Waals surface area contributed by atoms with Crippen LogP contribution in [0.3, 0.4) is 0 Å². The monoisotopic (exact) mass is 327 g/mol. The van der Waals surface area contributed by atoms with E-state index in [0.717, 1.165) is 11.3 Å². The number of carbonyl (C=O) groups is 1. The molecule has 0 fully saturated rings. The van der Waals surface area contributed by atoms with Crippen LogP contribution in [-0.2, 0) is 18.3 Å². The summed E-state index contributed by atoms with van der Waals surface area (Å²) in [5, 5.41) is 8.55. The number of pyridine rings is 1. The molecule has 0 unspecified atom stereocenters. The largest absolute Gasteiger partial charge is 0.494 e. The molecule has 3 rings (SSSR count). The van der Waals surface area contributed by atoms with Crippen molar-refractivity contribution in [1.82, 2.24) is 29.5 Å². The molecule has 0 bridgehead atoms. The van der Waals surface area contributed by atoms with E-state index in [1.165, 1.54) is 0 Å². The van der Waals surface area contributed by atoms with Crippen molar-refractivity contribution in [1.29, 1.82) is 0 Å². The molecule has 3 aromatic rings. The highest BCUT2D eigenvalue weighted by molar-refractivity contribution is 5.76. The summed E-state index contributed by atoms with van der Waals surface area (Å²) in [5.74, 6) is 1.61. The smallest absolute Gasteiger partial charge is 0.225 e. The fourth-order valence-electron chi connectivity index (χ4n) is 2.38. The molecule has 124 valence electrons. The van der Waals surface area contributed by atoms with Gasteiger partial charge in [-0.25, -0.2) is 4.98 Å². The van der Waals surface area contributed by atoms with Crippen molar-refractivity contribution < 1.29 is 9.53 Å². The van der Waals surface area contributed by atoms with Crippen molar-refractivity contribution in [3.8, 4) is 23.0 Å². The van der Waals surface area contributed by atoms with Crippen LogP contribution in [-0.4, -0.2) is 42.5 Å². The summed E-state index contributed by atoms with van der Waals surface area (Å²) < 4.78 is 8.66. The van der Waals surface area contributed by atoms with E-state index in [9.17, 15) is 4.79 Å². The third-order valence-electron chi connectivity index (χ3n) is 3.46. The van der Waals surface area contributed by atoms with Gasteiger partial charge in [0.25, 0.3) is 0 Å². The van der Waals surface area contributed by atoms with Gasteiger partial charge in [-0.2, -0.15) is 9.78 Å². The molecule has 0 saturated carbocycles. The Morgan fingerprint density at radius 3 is 2.83 bits per heavy atom. The second kappa shape index (κ2) is 6.11. The Labute approximate surface area is 138 Å². The Morgan fingerprint density at radius 1 is 1.42 bits per heavy atom. The minimum atomic E-state index is -0.499. The van der Waals surface area contributed by atoms with Gasteiger partial charge in [0, 0.05) is 18.8 Å². The molecule has 0 aromatic carbocycles. The summed E-state index contributed by atoms with van der Waals surface area (Å²) in [6.07, 6.45) is 3.23. The van der Waals surface area contributed by atoms with Crippen LogP contribution >= 0.6 is 0 Å². The summed E-state index contributed by atoms with van der Waals surface area (Å²) in [4.78, 5) is 19.9. The van der Waals surface area contributed by atoms with Crippen LogP contribution in [0.4, 0.5) is 0 Å². The Bertz CT molecular complexity index is 897. The van der Waals surface area contributed by atoms with Gasteiger partial charge in [-0.1, -0.05) is 0 Å². The van der Waals surface area contributed by atoms with Crippen LogP contribution in [0.15, 0.2) is 24.5 Å². The minimum Gasteiger partial charge on any atom is -0.494 e. The molecule has 0 radical (unpaired) electrons. The number of amides is 1. The predicted molar refractivity (Wildman–Crippen MR) is 85.5 cm³/mol. The first-order chi connectivity index (χ1) is 11.5. The molecule has 0 spiro atoms. The number of aromatic nitrogens is 6. The summed E-state index contributed by atoms with van der Waals surface area (Å²) in [6, 6.07) is 3.65. The molecule has 9 nitrogen and oxygen atoms in total. The van der Waals surface area contributed by atoms with E-state index in [2.05, 4.69) is 20.2 Å². The lowest BCUT2D eigenvalue weighted by atomic mass is 10.2. The van der Waals surface area contributed by atoms with E-state index in [0.29, 0.717) is 23.2 Å². The molecular weight excluding hydrogens is 310 g/mol. The van der Waals surface area contributed by atoms with E-state index in [1.807, 2.05) is 13.0 Å². The molecule has 0 aliphatic heterocycles. The predicted octanol–water partition coefficient (Wildman–Crippen LogP) is 0.408. The van der Waals surface area contributed by atoms with Crippen LogP contribution in [0.25, 0.3) is 17.2 Å². The van der Waals surface area contributed by atoms with Crippen molar-refractivity contribution in [3.63, 3.8) is 0 Å². The highest BCUT2D eigenvalue weighted by Crippen LogP contribution is 2.30. The number of nitrogens with two attached hydrogens (primary N) is 1. The molecule has 24 heavy (non-hydrogen) atoms. The number of carbonyl (C=O) groups excluding carboxylic acids is 1. The molecule has 0 atom stereocenters. The lowest BCUT2D eigenvalue weighted by molar-refractivity contribution is -0.117. The van der Waals surface area contributed by atoms with Crippen LogP contribution in [0.2, 0.25) is 0 Å².